The van der Waals surface area contributed by atoms with Crippen molar-refractivity contribution < 1.29 is 27.9 Å². The van der Waals surface area contributed by atoms with Crippen molar-refractivity contribution in [1.82, 2.24) is 0 Å². The second-order valence-electron chi connectivity index (χ2n) is 4.59. The van der Waals surface area contributed by atoms with Crippen LogP contribution in [0.5, 0.6) is 0 Å². The Labute approximate surface area is 136 Å². The first-order valence-corrected chi connectivity index (χ1v) is 8.64. The molecule has 2 aromatic rings. The van der Waals surface area contributed by atoms with Gasteiger partial charge in [0.15, 0.2) is 0 Å². The van der Waals surface area contributed by atoms with Crippen LogP contribution in [-0.4, -0.2) is 32.6 Å². The van der Waals surface area contributed by atoms with E-state index in [1.54, 1.807) is 13.0 Å². The van der Waals surface area contributed by atoms with Gasteiger partial charge in [0.05, 0.1) is 23.9 Å². The van der Waals surface area contributed by atoms with Crippen molar-refractivity contribution in [2.75, 3.05) is 11.8 Å². The van der Waals surface area contributed by atoms with Crippen LogP contribution in [0.25, 0.3) is 0 Å². The van der Waals surface area contributed by atoms with E-state index in [4.69, 9.17) is 5.11 Å². The van der Waals surface area contributed by atoms with Gasteiger partial charge in [-0.2, -0.15) is 0 Å². The van der Waals surface area contributed by atoms with Crippen molar-refractivity contribution in [3.8, 4) is 0 Å². The number of esters is 1. The summed E-state index contributed by atoms with van der Waals surface area (Å²) in [6, 6.07) is 5.55. The fraction of sp³-hybridized carbons (Fsp3) is 0.143. The lowest BCUT2D eigenvalue weighted by molar-refractivity contribution is 0.0600. The molecular formula is C14H13NO6S2. The molecule has 2 rings (SSSR count). The highest BCUT2D eigenvalue weighted by Gasteiger charge is 2.20. The summed E-state index contributed by atoms with van der Waals surface area (Å²) in [5.74, 6) is -1.79. The number of sulfonamides is 1. The Morgan fingerprint density at radius 1 is 1.22 bits per heavy atom. The third kappa shape index (κ3) is 3.69. The van der Waals surface area contributed by atoms with Crippen LogP contribution in [0.2, 0.25) is 0 Å². The Morgan fingerprint density at radius 3 is 2.48 bits per heavy atom. The average molecular weight is 355 g/mol. The molecule has 0 spiro atoms. The maximum atomic E-state index is 12.3. The fourth-order valence-corrected chi connectivity index (χ4v) is 4.02. The number of carbonyl (C=O) groups excluding carboxylic acids is 1. The number of nitrogens with one attached hydrogen (secondary N) is 1. The quantitative estimate of drug-likeness (QED) is 0.797. The number of hydrogen-bond donors (Lipinski definition) is 2. The molecule has 122 valence electrons. The number of aryl methyl sites for hydroxylation is 1. The third-order valence-corrected chi connectivity index (χ3v) is 5.80. The SMILES string of the molecule is COC(=O)c1ccc(C)c(NS(=O)(=O)c2cc(C(=O)O)cs2)c1. The van der Waals surface area contributed by atoms with Crippen molar-refractivity contribution >= 4 is 39.0 Å². The van der Waals surface area contributed by atoms with E-state index in [0.717, 1.165) is 17.4 Å². The Balaban J connectivity index is 2.36. The van der Waals surface area contributed by atoms with Gasteiger partial charge >= 0.3 is 11.9 Å². The Bertz CT molecular complexity index is 869. The minimum atomic E-state index is -3.94. The molecule has 9 heteroatoms. The zero-order chi connectivity index (χ0) is 17.2. The molecule has 0 aliphatic rings. The van der Waals surface area contributed by atoms with Crippen molar-refractivity contribution in [2.24, 2.45) is 0 Å². The van der Waals surface area contributed by atoms with Gasteiger partial charge in [-0.3, -0.25) is 4.72 Å². The van der Waals surface area contributed by atoms with E-state index in [9.17, 15) is 18.0 Å². The summed E-state index contributed by atoms with van der Waals surface area (Å²) in [5.41, 5.74) is 0.929. The minimum absolute atomic E-state index is 0.101. The molecule has 0 atom stereocenters. The number of carboxylic acid groups (broad SMARTS) is 1. The van der Waals surface area contributed by atoms with E-state index >= 15 is 0 Å². The van der Waals surface area contributed by atoms with Gasteiger partial charge in [0.2, 0.25) is 0 Å². The van der Waals surface area contributed by atoms with Crippen LogP contribution in [0.15, 0.2) is 33.9 Å². The first-order valence-electron chi connectivity index (χ1n) is 6.28. The van der Waals surface area contributed by atoms with E-state index in [1.807, 2.05) is 0 Å². The Kier molecular flexibility index (Phi) is 4.71. The number of ether oxygens (including phenoxy) is 1. The number of carbonyl (C=O) groups is 2. The molecular weight excluding hydrogens is 342 g/mol. The lowest BCUT2D eigenvalue weighted by Crippen LogP contribution is -2.13. The second kappa shape index (κ2) is 6.39. The van der Waals surface area contributed by atoms with Crippen LogP contribution in [0.1, 0.15) is 26.3 Å². The van der Waals surface area contributed by atoms with E-state index in [2.05, 4.69) is 9.46 Å². The number of hydrogen-bond acceptors (Lipinski definition) is 6. The van der Waals surface area contributed by atoms with Gasteiger partial charge < -0.3 is 9.84 Å². The number of benzene rings is 1. The molecule has 1 aromatic carbocycles. The normalized spacial score (nSPS) is 11.0. The first kappa shape index (κ1) is 17.0. The highest BCUT2D eigenvalue weighted by Crippen LogP contribution is 2.25. The average Bonchev–Trinajstić information content (AvgIpc) is 2.99. The van der Waals surface area contributed by atoms with E-state index in [0.29, 0.717) is 5.56 Å². The zero-order valence-electron chi connectivity index (χ0n) is 12.2. The van der Waals surface area contributed by atoms with Gasteiger partial charge in [-0.05, 0) is 30.7 Å². The molecule has 1 heterocycles. The number of anilines is 1. The topological polar surface area (TPSA) is 110 Å². The van der Waals surface area contributed by atoms with E-state index in [1.165, 1.54) is 24.6 Å². The molecule has 0 bridgehead atoms. The van der Waals surface area contributed by atoms with Gasteiger partial charge in [-0.1, -0.05) is 6.07 Å². The van der Waals surface area contributed by atoms with Crippen LogP contribution in [-0.2, 0) is 14.8 Å². The molecule has 0 saturated carbocycles. The van der Waals surface area contributed by atoms with Crippen LogP contribution in [0.3, 0.4) is 0 Å². The molecule has 0 unspecified atom stereocenters. The molecule has 0 fully saturated rings. The lowest BCUT2D eigenvalue weighted by Gasteiger charge is -2.10. The predicted molar refractivity (Wildman–Crippen MR) is 84.6 cm³/mol. The van der Waals surface area contributed by atoms with Crippen molar-refractivity contribution in [3.63, 3.8) is 0 Å². The first-order chi connectivity index (χ1) is 10.7. The number of aromatic carboxylic acids is 1. The third-order valence-electron chi connectivity index (χ3n) is 2.99. The summed E-state index contributed by atoms with van der Waals surface area (Å²) in [7, 11) is -2.72. The zero-order valence-corrected chi connectivity index (χ0v) is 13.8. The van der Waals surface area contributed by atoms with Gasteiger partial charge in [-0.15, -0.1) is 11.3 Å². The van der Waals surface area contributed by atoms with E-state index < -0.39 is 22.0 Å². The van der Waals surface area contributed by atoms with Crippen LogP contribution in [0, 0.1) is 6.92 Å². The van der Waals surface area contributed by atoms with Crippen LogP contribution in [0.4, 0.5) is 5.69 Å². The molecule has 0 saturated heterocycles. The minimum Gasteiger partial charge on any atom is -0.478 e. The molecule has 0 aliphatic heterocycles. The van der Waals surface area contributed by atoms with Gasteiger partial charge in [0.1, 0.15) is 4.21 Å². The number of thiophene rings is 1. The molecule has 23 heavy (non-hydrogen) atoms. The molecule has 2 N–H and O–H groups in total. The molecule has 0 amide bonds. The van der Waals surface area contributed by atoms with E-state index in [-0.39, 0.29) is 21.0 Å². The van der Waals surface area contributed by atoms with Gasteiger partial charge in [0, 0.05) is 5.38 Å². The number of rotatable bonds is 5. The van der Waals surface area contributed by atoms with Gasteiger partial charge in [-0.25, -0.2) is 18.0 Å². The van der Waals surface area contributed by atoms with Crippen LogP contribution < -0.4 is 4.72 Å². The van der Waals surface area contributed by atoms with Crippen LogP contribution >= 0.6 is 11.3 Å². The maximum absolute atomic E-state index is 12.3. The highest BCUT2D eigenvalue weighted by molar-refractivity contribution is 7.94. The molecule has 1 aromatic heterocycles. The Morgan fingerprint density at radius 2 is 1.91 bits per heavy atom. The number of carboxylic acids is 1. The molecule has 0 radical (unpaired) electrons. The Hall–Kier alpha value is -2.39. The highest BCUT2D eigenvalue weighted by atomic mass is 32.2. The maximum Gasteiger partial charge on any atom is 0.337 e. The van der Waals surface area contributed by atoms with Crippen molar-refractivity contribution in [3.05, 3.63) is 46.3 Å². The summed E-state index contributed by atoms with van der Waals surface area (Å²) in [5, 5.41) is 10.1. The number of methoxy groups -OCH3 is 1. The standard InChI is InChI=1S/C14H13NO6S2/c1-8-3-4-9(14(18)21-2)5-11(8)15-23(19,20)12-6-10(7-22-12)13(16)17/h3-7,15H,1-2H3,(H,16,17). The predicted octanol–water partition coefficient (Wildman–Crippen LogP) is 2.34. The summed E-state index contributed by atoms with van der Waals surface area (Å²) in [4.78, 5) is 22.4. The van der Waals surface area contributed by atoms with Gasteiger partial charge in [0.25, 0.3) is 10.0 Å². The lowest BCUT2D eigenvalue weighted by atomic mass is 10.1. The fourth-order valence-electron chi connectivity index (χ4n) is 1.74. The van der Waals surface area contributed by atoms with Crippen molar-refractivity contribution in [1.29, 1.82) is 0 Å². The summed E-state index contributed by atoms with van der Waals surface area (Å²) < 4.78 is 31.5. The summed E-state index contributed by atoms with van der Waals surface area (Å²) in [6.45, 7) is 1.68. The smallest absolute Gasteiger partial charge is 0.337 e. The molecule has 0 aliphatic carbocycles. The summed E-state index contributed by atoms with van der Waals surface area (Å²) in [6.07, 6.45) is 0. The van der Waals surface area contributed by atoms with Crippen molar-refractivity contribution in [2.45, 2.75) is 11.1 Å². The summed E-state index contributed by atoms with van der Waals surface area (Å²) >= 11 is 0.802. The molecule has 7 nitrogen and oxygen atoms in total. The monoisotopic (exact) mass is 355 g/mol. The largest absolute Gasteiger partial charge is 0.478 e. The second-order valence-corrected chi connectivity index (χ2v) is 7.41.